The fourth-order valence-electron chi connectivity index (χ4n) is 4.40. The topological polar surface area (TPSA) is 59.0 Å². The van der Waals surface area contributed by atoms with Gasteiger partial charge in [0.15, 0.2) is 6.61 Å². The molecule has 0 bridgehead atoms. The van der Waals surface area contributed by atoms with Crippen molar-refractivity contribution in [2.45, 2.75) is 25.9 Å². The van der Waals surface area contributed by atoms with E-state index in [1.807, 2.05) is 30.3 Å². The fourth-order valence-corrected chi connectivity index (χ4v) is 4.40. The molecule has 0 unspecified atom stereocenters. The quantitative estimate of drug-likeness (QED) is 0.312. The van der Waals surface area contributed by atoms with Gasteiger partial charge in [0.1, 0.15) is 18.1 Å². The Morgan fingerprint density at radius 3 is 2.23 bits per heavy atom. The van der Waals surface area contributed by atoms with E-state index in [4.69, 9.17) is 14.6 Å². The van der Waals surface area contributed by atoms with Crippen LogP contribution in [0.1, 0.15) is 40.7 Å². The third-order valence-corrected chi connectivity index (χ3v) is 6.49. The zero-order valence-electron chi connectivity index (χ0n) is 22.1. The molecule has 1 fully saturated rings. The van der Waals surface area contributed by atoms with Crippen molar-refractivity contribution in [3.8, 4) is 23.3 Å². The van der Waals surface area contributed by atoms with Gasteiger partial charge in [-0.2, -0.15) is 13.2 Å². The molecule has 208 valence electrons. The summed E-state index contributed by atoms with van der Waals surface area (Å²) in [5.74, 6) is 6.33. The first-order valence-corrected chi connectivity index (χ1v) is 13.0. The molecule has 8 heteroatoms. The van der Waals surface area contributed by atoms with E-state index >= 15 is 0 Å². The van der Waals surface area contributed by atoms with E-state index in [1.54, 1.807) is 25.1 Å². The second-order valence-corrected chi connectivity index (χ2v) is 9.48. The summed E-state index contributed by atoms with van der Waals surface area (Å²) in [6, 6.07) is 17.7. The van der Waals surface area contributed by atoms with Crippen molar-refractivity contribution in [3.63, 3.8) is 0 Å². The number of ether oxygens (including phenoxy) is 2. The van der Waals surface area contributed by atoms with E-state index < -0.39 is 24.3 Å². The normalized spacial score (nSPS) is 13.9. The molecule has 4 rings (SSSR count). The second-order valence-electron chi connectivity index (χ2n) is 9.48. The Kier molecular flexibility index (Phi) is 9.52. The van der Waals surface area contributed by atoms with Crippen molar-refractivity contribution >= 4 is 11.5 Å². The lowest BCUT2D eigenvalue weighted by molar-refractivity contribution is -0.139. The molecular weight excluding hydrogens is 519 g/mol. The molecule has 0 radical (unpaired) electrons. The number of halogens is 3. The Bertz CT molecular complexity index is 1400. The molecule has 1 aliphatic heterocycles. The number of alkyl halides is 3. The smallest absolute Gasteiger partial charge is 0.416 e. The Morgan fingerprint density at radius 1 is 0.975 bits per heavy atom. The number of carbonyl (C=O) groups is 1. The van der Waals surface area contributed by atoms with Crippen LogP contribution in [0.2, 0.25) is 0 Å². The zero-order valence-corrected chi connectivity index (χ0v) is 22.1. The molecule has 40 heavy (non-hydrogen) atoms. The van der Waals surface area contributed by atoms with Gasteiger partial charge in [-0.15, -0.1) is 0 Å². The average Bonchev–Trinajstić information content (AvgIpc) is 3.44. The van der Waals surface area contributed by atoms with Crippen LogP contribution in [0.4, 0.5) is 13.2 Å². The monoisotopic (exact) mass is 549 g/mol. The SMILES string of the molecule is Cc1cc(OC/C=C(\c2ccc(C#CCN3CCCC3)cc2)c2ccc(C(F)(F)F)cc2)ccc1OCC(=O)O. The van der Waals surface area contributed by atoms with Gasteiger partial charge in [-0.25, -0.2) is 4.79 Å². The second kappa shape index (κ2) is 13.2. The number of hydrogen-bond acceptors (Lipinski definition) is 4. The number of rotatable bonds is 9. The van der Waals surface area contributed by atoms with E-state index in [-0.39, 0.29) is 6.61 Å². The Labute approximate surface area is 231 Å². The van der Waals surface area contributed by atoms with E-state index in [1.165, 1.54) is 25.0 Å². The van der Waals surface area contributed by atoms with Gasteiger partial charge in [0.25, 0.3) is 0 Å². The van der Waals surface area contributed by atoms with Crippen LogP contribution < -0.4 is 9.47 Å². The first-order valence-electron chi connectivity index (χ1n) is 13.0. The number of likely N-dealkylation sites (tertiary alicyclic amines) is 1. The third-order valence-electron chi connectivity index (χ3n) is 6.49. The van der Waals surface area contributed by atoms with Crippen LogP contribution in [0, 0.1) is 18.8 Å². The highest BCUT2D eigenvalue weighted by Crippen LogP contribution is 2.32. The molecule has 0 aliphatic carbocycles. The summed E-state index contributed by atoms with van der Waals surface area (Å²) in [7, 11) is 0. The van der Waals surface area contributed by atoms with Crippen LogP contribution in [0.5, 0.6) is 11.5 Å². The minimum Gasteiger partial charge on any atom is -0.489 e. The first-order chi connectivity index (χ1) is 19.2. The summed E-state index contributed by atoms with van der Waals surface area (Å²) < 4.78 is 50.6. The maximum absolute atomic E-state index is 13.1. The number of nitrogens with zero attached hydrogens (tertiary/aromatic N) is 1. The van der Waals surface area contributed by atoms with Crippen LogP contribution in [0.3, 0.4) is 0 Å². The molecule has 1 aliphatic rings. The molecule has 0 spiro atoms. The van der Waals surface area contributed by atoms with Gasteiger partial charge in [-0.05, 0) is 104 Å². The van der Waals surface area contributed by atoms with Gasteiger partial charge < -0.3 is 14.6 Å². The van der Waals surface area contributed by atoms with Crippen LogP contribution in [-0.4, -0.2) is 48.8 Å². The van der Waals surface area contributed by atoms with Crippen molar-refractivity contribution in [1.82, 2.24) is 4.90 Å². The summed E-state index contributed by atoms with van der Waals surface area (Å²) in [6.07, 6.45) is -0.170. The Balaban J connectivity index is 1.52. The third kappa shape index (κ3) is 8.14. The number of carboxylic acid groups (broad SMARTS) is 1. The number of aryl methyl sites for hydroxylation is 1. The van der Waals surface area contributed by atoms with Crippen molar-refractivity contribution < 1.29 is 32.5 Å². The van der Waals surface area contributed by atoms with Gasteiger partial charge in [0.05, 0.1) is 12.1 Å². The summed E-state index contributed by atoms with van der Waals surface area (Å²) in [5.41, 5.74) is 3.04. The van der Waals surface area contributed by atoms with E-state index in [0.717, 1.165) is 48.5 Å². The molecule has 1 saturated heterocycles. The molecule has 5 nitrogen and oxygen atoms in total. The Morgan fingerprint density at radius 2 is 1.62 bits per heavy atom. The van der Waals surface area contributed by atoms with Gasteiger partial charge in [-0.1, -0.05) is 36.1 Å². The molecule has 1 heterocycles. The van der Waals surface area contributed by atoms with Crippen LogP contribution in [0.25, 0.3) is 5.57 Å². The highest BCUT2D eigenvalue weighted by molar-refractivity contribution is 5.80. The highest BCUT2D eigenvalue weighted by Gasteiger charge is 2.30. The van der Waals surface area contributed by atoms with Crippen molar-refractivity contribution in [2.24, 2.45) is 0 Å². The maximum Gasteiger partial charge on any atom is 0.416 e. The van der Waals surface area contributed by atoms with Gasteiger partial charge in [0, 0.05) is 5.56 Å². The van der Waals surface area contributed by atoms with Crippen LogP contribution >= 0.6 is 0 Å². The molecule has 0 atom stereocenters. The van der Waals surface area contributed by atoms with Crippen molar-refractivity contribution in [1.29, 1.82) is 0 Å². The molecule has 1 N–H and O–H groups in total. The van der Waals surface area contributed by atoms with E-state index in [2.05, 4.69) is 16.7 Å². The number of hydrogen-bond donors (Lipinski definition) is 1. The van der Waals surface area contributed by atoms with Gasteiger partial charge in [0.2, 0.25) is 0 Å². The minimum absolute atomic E-state index is 0.155. The highest BCUT2D eigenvalue weighted by atomic mass is 19.4. The molecule has 0 amide bonds. The number of carboxylic acids is 1. The number of aliphatic carboxylic acids is 1. The standard InChI is InChI=1S/C32H30F3NO4/c1-23-21-28(14-15-30(23)40-22-31(37)38)39-20-16-29(26-10-12-27(13-11-26)32(33,34)35)25-8-6-24(7-9-25)5-4-19-36-17-2-3-18-36/h6-16,21H,2-3,17-20,22H2,1H3,(H,37,38)/b29-16+. The van der Waals surface area contributed by atoms with E-state index in [0.29, 0.717) is 22.6 Å². The molecule has 3 aromatic carbocycles. The summed E-state index contributed by atoms with van der Waals surface area (Å²) in [6.45, 7) is 4.40. The Hall–Kier alpha value is -4.22. The maximum atomic E-state index is 13.1. The van der Waals surface area contributed by atoms with Crippen LogP contribution in [-0.2, 0) is 11.0 Å². The summed E-state index contributed by atoms with van der Waals surface area (Å²) >= 11 is 0. The van der Waals surface area contributed by atoms with Crippen LogP contribution in [0.15, 0.2) is 72.8 Å². The molecular formula is C32H30F3NO4. The zero-order chi connectivity index (χ0) is 28.5. The largest absolute Gasteiger partial charge is 0.489 e. The summed E-state index contributed by atoms with van der Waals surface area (Å²) in [4.78, 5) is 13.1. The predicted octanol–water partition coefficient (Wildman–Crippen LogP) is 6.44. The van der Waals surface area contributed by atoms with Gasteiger partial charge >= 0.3 is 12.1 Å². The minimum atomic E-state index is -4.42. The molecule has 0 aromatic heterocycles. The lowest BCUT2D eigenvalue weighted by atomic mass is 9.96. The van der Waals surface area contributed by atoms with Gasteiger partial charge in [-0.3, -0.25) is 4.90 Å². The lowest BCUT2D eigenvalue weighted by Crippen LogP contribution is -2.18. The van der Waals surface area contributed by atoms with E-state index in [9.17, 15) is 18.0 Å². The first kappa shape index (κ1) is 28.8. The number of benzene rings is 3. The fraction of sp³-hybridized carbons (Fsp3) is 0.281. The van der Waals surface area contributed by atoms with Crippen molar-refractivity contribution in [3.05, 3.63) is 101 Å². The summed E-state index contributed by atoms with van der Waals surface area (Å²) in [5, 5.41) is 8.81. The lowest BCUT2D eigenvalue weighted by Gasteiger charge is -2.13. The average molecular weight is 550 g/mol. The van der Waals surface area contributed by atoms with Crippen molar-refractivity contribution in [2.75, 3.05) is 32.8 Å². The molecule has 0 saturated carbocycles. The molecule has 3 aromatic rings. The predicted molar refractivity (Wildman–Crippen MR) is 147 cm³/mol.